The van der Waals surface area contributed by atoms with Crippen LogP contribution < -0.4 is 0 Å². The van der Waals surface area contributed by atoms with Gasteiger partial charge in [0.1, 0.15) is 30.5 Å². The molecule has 6 unspecified atom stereocenters. The summed E-state index contributed by atoms with van der Waals surface area (Å²) in [6.07, 6.45) is 27.6. The Balaban J connectivity index is 2.38. The molecule has 0 aromatic heterocycles. The molecule has 1 fully saturated rings. The molecular weight excluding hydrogens is 704 g/mol. The molecule has 0 aromatic carbocycles. The van der Waals surface area contributed by atoms with Crippen molar-refractivity contribution in [2.24, 2.45) is 0 Å². The van der Waals surface area contributed by atoms with Gasteiger partial charge in [-0.3, -0.25) is 9.35 Å². The van der Waals surface area contributed by atoms with E-state index in [1.165, 1.54) is 19.3 Å². The van der Waals surface area contributed by atoms with E-state index in [9.17, 15) is 28.5 Å². The lowest BCUT2D eigenvalue weighted by atomic mass is 9.99. The van der Waals surface area contributed by atoms with Gasteiger partial charge in [-0.15, -0.1) is 0 Å². The van der Waals surface area contributed by atoms with Gasteiger partial charge in [0, 0.05) is 13.0 Å². The first-order chi connectivity index (χ1) is 25.6. The van der Waals surface area contributed by atoms with E-state index < -0.39 is 59.8 Å². The number of allylic oxidation sites excluding steroid dienone is 8. The average Bonchev–Trinajstić information content (AvgIpc) is 3.12. The van der Waals surface area contributed by atoms with Crippen molar-refractivity contribution in [3.05, 3.63) is 48.6 Å². The summed E-state index contributed by atoms with van der Waals surface area (Å²) in [6, 6.07) is 0. The van der Waals surface area contributed by atoms with E-state index in [0.29, 0.717) is 13.0 Å². The van der Waals surface area contributed by atoms with Crippen LogP contribution in [0.1, 0.15) is 136 Å². The van der Waals surface area contributed by atoms with Gasteiger partial charge in [0.15, 0.2) is 6.29 Å². The number of aliphatic hydroxyl groups is 3. The van der Waals surface area contributed by atoms with Gasteiger partial charge >= 0.3 is 16.4 Å². The average molecular weight is 775 g/mol. The van der Waals surface area contributed by atoms with Gasteiger partial charge in [-0.1, -0.05) is 127 Å². The van der Waals surface area contributed by atoms with Gasteiger partial charge in [-0.05, 0) is 51.4 Å². The van der Waals surface area contributed by atoms with Crippen LogP contribution in [0.3, 0.4) is 0 Å². The summed E-state index contributed by atoms with van der Waals surface area (Å²) < 4.78 is 58.6. The van der Waals surface area contributed by atoms with Crippen LogP contribution in [-0.4, -0.2) is 97.5 Å². The van der Waals surface area contributed by atoms with E-state index in [2.05, 4.69) is 66.6 Å². The molecule has 1 heterocycles. The highest BCUT2D eigenvalue weighted by Crippen LogP contribution is 2.26. The van der Waals surface area contributed by atoms with E-state index in [0.717, 1.165) is 89.9 Å². The molecular formula is C40H70O12S. The zero-order valence-corrected chi connectivity index (χ0v) is 33.1. The fourth-order valence-electron chi connectivity index (χ4n) is 5.72. The number of esters is 1. The van der Waals surface area contributed by atoms with Crippen LogP contribution in [0.2, 0.25) is 0 Å². The molecule has 0 saturated carbocycles. The first kappa shape index (κ1) is 49.1. The summed E-state index contributed by atoms with van der Waals surface area (Å²) in [5, 5.41) is 30.5. The van der Waals surface area contributed by atoms with Gasteiger partial charge in [0.2, 0.25) is 0 Å². The summed E-state index contributed by atoms with van der Waals surface area (Å²) in [5.41, 5.74) is 0. The van der Waals surface area contributed by atoms with E-state index in [-0.39, 0.29) is 19.6 Å². The Morgan fingerprint density at radius 1 is 0.736 bits per heavy atom. The molecule has 13 heteroatoms. The van der Waals surface area contributed by atoms with Crippen LogP contribution in [0.25, 0.3) is 0 Å². The summed E-state index contributed by atoms with van der Waals surface area (Å²) >= 11 is 0. The molecule has 53 heavy (non-hydrogen) atoms. The first-order valence-electron chi connectivity index (χ1n) is 19.9. The zero-order chi connectivity index (χ0) is 39.0. The molecule has 12 nitrogen and oxygen atoms in total. The van der Waals surface area contributed by atoms with Gasteiger partial charge in [-0.25, -0.2) is 4.18 Å². The number of rotatable bonds is 33. The number of aliphatic hydroxyl groups excluding tert-OH is 3. The minimum Gasteiger partial charge on any atom is -0.457 e. The quantitative estimate of drug-likeness (QED) is 0.0228. The number of hydrogen-bond donors (Lipinski definition) is 4. The molecule has 1 rings (SSSR count). The Bertz CT molecular complexity index is 1120. The standard InChI is InChI=1S/C40H70O12S/c1-3-5-7-9-11-12-13-14-15-16-17-18-19-20-21-22-23-24-26-28-30-48-32-34(50-36(42)29-27-25-10-8-6-4-2)33-49-40-38(44)39(52-53(45,46)47)37(43)35(31-41)51-40/h5,7,11-12,14-15,17-18,34-35,37-41,43-44H,3-4,6,8-10,13,16,19-33H2,1-2H3,(H,45,46,47)/b7-5-,12-11-,15-14-,18-17-. The molecule has 308 valence electrons. The van der Waals surface area contributed by atoms with E-state index in [1.54, 1.807) is 0 Å². The Hall–Kier alpha value is -1.94. The number of carbonyl (C=O) groups is 1. The van der Waals surface area contributed by atoms with E-state index >= 15 is 0 Å². The third-order valence-electron chi connectivity index (χ3n) is 8.72. The molecule has 0 aliphatic carbocycles. The second-order valence-electron chi connectivity index (χ2n) is 13.5. The van der Waals surface area contributed by atoms with E-state index in [1.807, 2.05) is 0 Å². The Morgan fingerprint density at radius 2 is 1.30 bits per heavy atom. The zero-order valence-electron chi connectivity index (χ0n) is 32.3. The van der Waals surface area contributed by atoms with Gasteiger partial charge in [0.05, 0.1) is 19.8 Å². The maximum absolute atomic E-state index is 12.6. The lowest BCUT2D eigenvalue weighted by Crippen LogP contribution is -2.60. The molecule has 0 aromatic rings. The highest BCUT2D eigenvalue weighted by molar-refractivity contribution is 7.80. The minimum absolute atomic E-state index is 0.0271. The number of hydrogen-bond acceptors (Lipinski definition) is 11. The normalized spacial score (nSPS) is 21.8. The maximum Gasteiger partial charge on any atom is 0.397 e. The SMILES string of the molecule is CC/C=C\C/C=C\C/C=C\C/C=C\CCCCCCCCCOCC(COC1OC(CO)C(O)C(OS(=O)(=O)O)C1O)OC(=O)CCCCCCCC. The fraction of sp³-hybridized carbons (Fsp3) is 0.775. The van der Waals surface area contributed by atoms with Crippen molar-refractivity contribution in [3.63, 3.8) is 0 Å². The number of unbranched alkanes of at least 4 members (excludes halogenated alkanes) is 12. The van der Waals surface area contributed by atoms with Crippen LogP contribution >= 0.6 is 0 Å². The molecule has 1 aliphatic heterocycles. The van der Waals surface area contributed by atoms with Crippen molar-refractivity contribution in [2.75, 3.05) is 26.4 Å². The fourth-order valence-corrected chi connectivity index (χ4v) is 6.23. The van der Waals surface area contributed by atoms with Crippen molar-refractivity contribution >= 4 is 16.4 Å². The number of ether oxygens (including phenoxy) is 4. The predicted octanol–water partition coefficient (Wildman–Crippen LogP) is 7.23. The van der Waals surface area contributed by atoms with Gasteiger partial charge in [0.25, 0.3) is 0 Å². The molecule has 0 spiro atoms. The largest absolute Gasteiger partial charge is 0.457 e. The Labute approximate surface area is 319 Å². The van der Waals surface area contributed by atoms with Crippen molar-refractivity contribution < 1.29 is 56.2 Å². The molecule has 0 bridgehead atoms. The first-order valence-corrected chi connectivity index (χ1v) is 21.3. The highest BCUT2D eigenvalue weighted by atomic mass is 32.3. The minimum atomic E-state index is -5.05. The Morgan fingerprint density at radius 3 is 1.91 bits per heavy atom. The van der Waals surface area contributed by atoms with Gasteiger partial charge < -0.3 is 34.3 Å². The summed E-state index contributed by atoms with van der Waals surface area (Å²) in [5.74, 6) is -0.416. The van der Waals surface area contributed by atoms with Gasteiger partial charge in [-0.2, -0.15) is 8.42 Å². The van der Waals surface area contributed by atoms with E-state index in [4.69, 9.17) is 23.5 Å². The third kappa shape index (κ3) is 26.5. The van der Waals surface area contributed by atoms with Crippen LogP contribution in [0.15, 0.2) is 48.6 Å². The molecule has 0 radical (unpaired) electrons. The summed E-state index contributed by atoms with van der Waals surface area (Å²) in [7, 11) is -5.05. The molecule has 1 aliphatic rings. The second kappa shape index (κ2) is 32.3. The van der Waals surface area contributed by atoms with Crippen molar-refractivity contribution in [2.45, 2.75) is 173 Å². The van der Waals surface area contributed by atoms with Crippen molar-refractivity contribution in [1.29, 1.82) is 0 Å². The lowest BCUT2D eigenvalue weighted by Gasteiger charge is -2.41. The molecule has 0 amide bonds. The summed E-state index contributed by atoms with van der Waals surface area (Å²) in [6.45, 7) is 3.75. The smallest absolute Gasteiger partial charge is 0.397 e. The maximum atomic E-state index is 12.6. The highest BCUT2D eigenvalue weighted by Gasteiger charge is 2.48. The van der Waals surface area contributed by atoms with Crippen molar-refractivity contribution in [1.82, 2.24) is 0 Å². The monoisotopic (exact) mass is 774 g/mol. The van der Waals surface area contributed by atoms with Crippen LogP contribution in [-0.2, 0) is 38.3 Å². The number of carbonyl (C=O) groups excluding carboxylic acids is 1. The lowest BCUT2D eigenvalue weighted by molar-refractivity contribution is -0.301. The molecule has 4 N–H and O–H groups in total. The third-order valence-corrected chi connectivity index (χ3v) is 9.18. The van der Waals surface area contributed by atoms with Crippen LogP contribution in [0, 0.1) is 0 Å². The second-order valence-corrected chi connectivity index (χ2v) is 14.5. The molecule has 6 atom stereocenters. The van der Waals surface area contributed by atoms with Crippen molar-refractivity contribution in [3.8, 4) is 0 Å². The van der Waals surface area contributed by atoms with Crippen LogP contribution in [0.4, 0.5) is 0 Å². The summed E-state index contributed by atoms with van der Waals surface area (Å²) in [4.78, 5) is 12.6. The Kier molecular flexibility index (Phi) is 29.9. The topological polar surface area (TPSA) is 178 Å². The molecule has 1 saturated heterocycles. The van der Waals surface area contributed by atoms with Crippen LogP contribution in [0.5, 0.6) is 0 Å². The predicted molar refractivity (Wildman–Crippen MR) is 206 cm³/mol.